The number of rotatable bonds is 9. The van der Waals surface area contributed by atoms with Gasteiger partial charge in [0.05, 0.1) is 6.61 Å². The quantitative estimate of drug-likeness (QED) is 0.657. The highest BCUT2D eigenvalue weighted by molar-refractivity contribution is 5.85. The van der Waals surface area contributed by atoms with Gasteiger partial charge in [-0.15, -0.1) is 24.8 Å². The van der Waals surface area contributed by atoms with E-state index in [9.17, 15) is 4.79 Å². The van der Waals surface area contributed by atoms with Gasteiger partial charge in [0.1, 0.15) is 0 Å². The zero-order valence-electron chi connectivity index (χ0n) is 14.1. The third-order valence-electron chi connectivity index (χ3n) is 4.19. The molecule has 1 heterocycles. The molecule has 0 saturated carbocycles. The van der Waals surface area contributed by atoms with E-state index < -0.39 is 0 Å². The van der Waals surface area contributed by atoms with Crippen molar-refractivity contribution >= 4 is 30.7 Å². The molecule has 22 heavy (non-hydrogen) atoms. The van der Waals surface area contributed by atoms with Gasteiger partial charge in [-0.3, -0.25) is 4.79 Å². The number of likely N-dealkylation sites (N-methyl/N-ethyl adjacent to an activating group) is 1. The van der Waals surface area contributed by atoms with Gasteiger partial charge >= 0.3 is 0 Å². The van der Waals surface area contributed by atoms with Gasteiger partial charge in [0, 0.05) is 33.2 Å². The van der Waals surface area contributed by atoms with Crippen molar-refractivity contribution in [1.29, 1.82) is 0 Å². The molecule has 0 aromatic rings. The summed E-state index contributed by atoms with van der Waals surface area (Å²) in [7, 11) is 3.75. The van der Waals surface area contributed by atoms with Crippen LogP contribution in [-0.4, -0.2) is 64.3 Å². The van der Waals surface area contributed by atoms with E-state index in [4.69, 9.17) is 4.74 Å². The summed E-state index contributed by atoms with van der Waals surface area (Å²) in [4.78, 5) is 14.1. The smallest absolute Gasteiger partial charge is 0.220 e. The van der Waals surface area contributed by atoms with Crippen LogP contribution in [0.1, 0.15) is 26.2 Å². The van der Waals surface area contributed by atoms with Crippen LogP contribution in [0.3, 0.4) is 0 Å². The summed E-state index contributed by atoms with van der Waals surface area (Å²) in [5.74, 6) is 1.38. The van der Waals surface area contributed by atoms with E-state index in [1.54, 1.807) is 7.11 Å². The van der Waals surface area contributed by atoms with Crippen molar-refractivity contribution in [2.75, 3.05) is 53.5 Å². The Labute approximate surface area is 147 Å². The number of carbonyl (C=O) groups excluding carboxylic acids is 1. The molecule has 0 radical (unpaired) electrons. The standard InChI is InChI=1S/C15H31N3O2.2ClH/c1-13(14-4-6-16-7-5-14)12-15(19)17-8-9-18(2)10-11-20-3;;/h13-14,16H,4-12H2,1-3H3,(H,17,19);2*1H. The molecule has 2 N–H and O–H groups in total. The van der Waals surface area contributed by atoms with E-state index in [1.165, 1.54) is 12.8 Å². The molecule has 0 aliphatic carbocycles. The lowest BCUT2D eigenvalue weighted by Crippen LogP contribution is -2.36. The van der Waals surface area contributed by atoms with Gasteiger partial charge in [-0.05, 0) is 44.8 Å². The fourth-order valence-electron chi connectivity index (χ4n) is 2.69. The van der Waals surface area contributed by atoms with Crippen molar-refractivity contribution in [2.24, 2.45) is 11.8 Å². The fourth-order valence-corrected chi connectivity index (χ4v) is 2.69. The predicted molar refractivity (Wildman–Crippen MR) is 96.3 cm³/mol. The summed E-state index contributed by atoms with van der Waals surface area (Å²) in [5.41, 5.74) is 0. The Morgan fingerprint density at radius 1 is 1.32 bits per heavy atom. The predicted octanol–water partition coefficient (Wildman–Crippen LogP) is 1.55. The second kappa shape index (κ2) is 14.5. The van der Waals surface area contributed by atoms with Crippen molar-refractivity contribution in [3.05, 3.63) is 0 Å². The maximum Gasteiger partial charge on any atom is 0.220 e. The van der Waals surface area contributed by atoms with Gasteiger partial charge in [-0.1, -0.05) is 6.92 Å². The zero-order valence-corrected chi connectivity index (χ0v) is 15.7. The first kappa shape index (κ1) is 24.2. The number of carbonyl (C=O) groups is 1. The fraction of sp³-hybridized carbons (Fsp3) is 0.933. The largest absolute Gasteiger partial charge is 0.383 e. The number of hydrogen-bond acceptors (Lipinski definition) is 4. The van der Waals surface area contributed by atoms with E-state index in [-0.39, 0.29) is 30.7 Å². The maximum atomic E-state index is 11.9. The first-order valence-electron chi connectivity index (χ1n) is 7.78. The number of hydrogen-bond donors (Lipinski definition) is 2. The summed E-state index contributed by atoms with van der Waals surface area (Å²) in [6.45, 7) is 7.63. The molecule has 1 fully saturated rings. The van der Waals surface area contributed by atoms with Crippen LogP contribution in [0.2, 0.25) is 0 Å². The lowest BCUT2D eigenvalue weighted by molar-refractivity contribution is -0.122. The van der Waals surface area contributed by atoms with Crippen molar-refractivity contribution < 1.29 is 9.53 Å². The van der Waals surface area contributed by atoms with Gasteiger partial charge < -0.3 is 20.3 Å². The summed E-state index contributed by atoms with van der Waals surface area (Å²) in [6.07, 6.45) is 3.06. The topological polar surface area (TPSA) is 53.6 Å². The van der Waals surface area contributed by atoms with Crippen LogP contribution in [0.5, 0.6) is 0 Å². The molecule has 1 amide bonds. The molecule has 1 unspecified atom stereocenters. The average molecular weight is 358 g/mol. The monoisotopic (exact) mass is 357 g/mol. The number of halogens is 2. The highest BCUT2D eigenvalue weighted by Crippen LogP contribution is 2.23. The molecule has 134 valence electrons. The summed E-state index contributed by atoms with van der Waals surface area (Å²) >= 11 is 0. The van der Waals surface area contributed by atoms with Gasteiger partial charge in [0.15, 0.2) is 0 Å². The molecule has 0 aromatic carbocycles. The first-order valence-corrected chi connectivity index (χ1v) is 7.78. The minimum atomic E-state index is 0. The Morgan fingerprint density at radius 3 is 2.55 bits per heavy atom. The highest BCUT2D eigenvalue weighted by Gasteiger charge is 2.21. The first-order chi connectivity index (χ1) is 9.63. The molecular weight excluding hydrogens is 325 g/mol. The normalized spacial score (nSPS) is 16.5. The number of amides is 1. The molecule has 5 nitrogen and oxygen atoms in total. The molecule has 0 aromatic heterocycles. The number of methoxy groups -OCH3 is 1. The van der Waals surface area contributed by atoms with E-state index in [2.05, 4.69) is 22.5 Å². The van der Waals surface area contributed by atoms with Crippen LogP contribution >= 0.6 is 24.8 Å². The van der Waals surface area contributed by atoms with Crippen LogP contribution in [0.15, 0.2) is 0 Å². The number of nitrogens with one attached hydrogen (secondary N) is 2. The van der Waals surface area contributed by atoms with E-state index in [0.29, 0.717) is 18.3 Å². The molecule has 1 rings (SSSR count). The number of ether oxygens (including phenoxy) is 1. The number of piperidine rings is 1. The molecule has 1 aliphatic rings. The van der Waals surface area contributed by atoms with Crippen LogP contribution in [0.25, 0.3) is 0 Å². The Hall–Kier alpha value is -0.0700. The third-order valence-corrected chi connectivity index (χ3v) is 4.19. The summed E-state index contributed by atoms with van der Waals surface area (Å²) < 4.78 is 5.03. The molecule has 7 heteroatoms. The third kappa shape index (κ3) is 10.6. The molecule has 0 bridgehead atoms. The molecule has 1 saturated heterocycles. The Bertz CT molecular complexity index is 278. The lowest BCUT2D eigenvalue weighted by atomic mass is 9.84. The Balaban J connectivity index is 0. The van der Waals surface area contributed by atoms with Crippen LogP contribution in [0, 0.1) is 11.8 Å². The average Bonchev–Trinajstić information content (AvgIpc) is 2.46. The SMILES string of the molecule is COCCN(C)CCNC(=O)CC(C)C1CCNCC1.Cl.Cl. The minimum Gasteiger partial charge on any atom is -0.383 e. The molecule has 0 spiro atoms. The summed E-state index contributed by atoms with van der Waals surface area (Å²) in [5, 5.41) is 6.39. The van der Waals surface area contributed by atoms with Gasteiger partial charge in [0.25, 0.3) is 0 Å². The highest BCUT2D eigenvalue weighted by atomic mass is 35.5. The van der Waals surface area contributed by atoms with E-state index in [1.807, 2.05) is 7.05 Å². The van der Waals surface area contributed by atoms with Crippen molar-refractivity contribution in [3.8, 4) is 0 Å². The molecule has 1 atom stereocenters. The minimum absolute atomic E-state index is 0. The van der Waals surface area contributed by atoms with Crippen molar-refractivity contribution in [3.63, 3.8) is 0 Å². The van der Waals surface area contributed by atoms with Crippen LogP contribution in [-0.2, 0) is 9.53 Å². The van der Waals surface area contributed by atoms with Crippen LogP contribution < -0.4 is 10.6 Å². The molecular formula is C15H33Cl2N3O2. The second-order valence-corrected chi connectivity index (χ2v) is 5.91. The Morgan fingerprint density at radius 2 is 1.95 bits per heavy atom. The summed E-state index contributed by atoms with van der Waals surface area (Å²) in [6, 6.07) is 0. The Kier molecular flexibility index (Phi) is 16.0. The molecule has 1 aliphatic heterocycles. The second-order valence-electron chi connectivity index (χ2n) is 5.91. The lowest BCUT2D eigenvalue weighted by Gasteiger charge is -2.28. The van der Waals surface area contributed by atoms with Gasteiger partial charge in [0.2, 0.25) is 5.91 Å². The van der Waals surface area contributed by atoms with Crippen LogP contribution in [0.4, 0.5) is 0 Å². The maximum absolute atomic E-state index is 11.9. The van der Waals surface area contributed by atoms with E-state index in [0.717, 1.165) is 39.3 Å². The van der Waals surface area contributed by atoms with Gasteiger partial charge in [-0.25, -0.2) is 0 Å². The van der Waals surface area contributed by atoms with Crippen molar-refractivity contribution in [2.45, 2.75) is 26.2 Å². The van der Waals surface area contributed by atoms with Crippen molar-refractivity contribution in [1.82, 2.24) is 15.5 Å². The van der Waals surface area contributed by atoms with Gasteiger partial charge in [-0.2, -0.15) is 0 Å². The van der Waals surface area contributed by atoms with E-state index >= 15 is 0 Å². The zero-order chi connectivity index (χ0) is 14.8. The number of nitrogens with zero attached hydrogens (tertiary/aromatic N) is 1.